The van der Waals surface area contributed by atoms with Crippen LogP contribution in [0.5, 0.6) is 0 Å². The Bertz CT molecular complexity index is 1540. The molecule has 0 bridgehead atoms. The van der Waals surface area contributed by atoms with E-state index in [2.05, 4.69) is 10.6 Å². The van der Waals surface area contributed by atoms with Gasteiger partial charge in [0.2, 0.25) is 15.9 Å². The first-order valence-electron chi connectivity index (χ1n) is 14.1. The highest BCUT2D eigenvalue weighted by atomic mass is 35.5. The lowest BCUT2D eigenvalue weighted by Gasteiger charge is -2.40. The third-order valence-corrected chi connectivity index (χ3v) is 10.9. The molecule has 3 aromatic carbocycles. The van der Waals surface area contributed by atoms with Gasteiger partial charge in [0.1, 0.15) is 11.6 Å². The largest absolute Gasteiger partial charge is 0.324 e. The highest BCUT2D eigenvalue weighted by molar-refractivity contribution is 7.90. The number of anilines is 1. The van der Waals surface area contributed by atoms with Crippen molar-refractivity contribution in [1.82, 2.24) is 9.62 Å². The van der Waals surface area contributed by atoms with E-state index in [4.69, 9.17) is 17.3 Å². The summed E-state index contributed by atoms with van der Waals surface area (Å²) in [5.74, 6) is -2.24. The Labute approximate surface area is 250 Å². The van der Waals surface area contributed by atoms with Crippen LogP contribution in [-0.4, -0.2) is 55.1 Å². The molecule has 2 aliphatic rings. The van der Waals surface area contributed by atoms with Crippen LogP contribution in [0.3, 0.4) is 0 Å². The third kappa shape index (κ3) is 6.68. The van der Waals surface area contributed by atoms with Gasteiger partial charge in [-0.3, -0.25) is 4.79 Å². The first-order valence-corrected chi connectivity index (χ1v) is 16.0. The van der Waals surface area contributed by atoms with E-state index in [0.717, 1.165) is 0 Å². The first kappa shape index (κ1) is 30.6. The predicted molar refractivity (Wildman–Crippen MR) is 161 cm³/mol. The number of benzene rings is 3. The second kappa shape index (κ2) is 12.8. The van der Waals surface area contributed by atoms with Crippen LogP contribution < -0.4 is 16.4 Å². The van der Waals surface area contributed by atoms with Crippen molar-refractivity contribution in [1.29, 1.82) is 0 Å². The number of hydrogen-bond acceptors (Lipinski definition) is 5. The van der Waals surface area contributed by atoms with Crippen molar-refractivity contribution < 1.29 is 22.0 Å². The smallest absolute Gasteiger partial charge is 0.242 e. The zero-order chi connectivity index (χ0) is 30.0. The lowest BCUT2D eigenvalue weighted by Crippen LogP contribution is -2.59. The second-order valence-corrected chi connectivity index (χ2v) is 13.7. The fraction of sp³-hybridized carbons (Fsp3) is 0.387. The minimum atomic E-state index is -3.43. The molecule has 1 heterocycles. The fourth-order valence-corrected chi connectivity index (χ4v) is 8.18. The van der Waals surface area contributed by atoms with Gasteiger partial charge in [-0.15, -0.1) is 0 Å². The van der Waals surface area contributed by atoms with Crippen LogP contribution in [0.4, 0.5) is 14.5 Å². The molecule has 0 spiro atoms. The number of nitrogens with two attached hydrogens (primary N) is 1. The molecule has 1 saturated carbocycles. The lowest BCUT2D eigenvalue weighted by molar-refractivity contribution is -0.117. The van der Waals surface area contributed by atoms with Crippen molar-refractivity contribution >= 4 is 33.2 Å². The molecule has 0 aromatic heterocycles. The molecule has 0 radical (unpaired) electrons. The number of carbonyl (C=O) groups is 1. The van der Waals surface area contributed by atoms with E-state index >= 15 is 4.39 Å². The molecular weight excluding hydrogens is 582 g/mol. The third-order valence-electron chi connectivity index (χ3n) is 8.06. The van der Waals surface area contributed by atoms with Gasteiger partial charge in [-0.2, -0.15) is 4.31 Å². The maximum Gasteiger partial charge on any atom is 0.242 e. The number of hydrogen-bond donors (Lipinski definition) is 3. The van der Waals surface area contributed by atoms with Crippen molar-refractivity contribution in [2.45, 2.75) is 61.9 Å². The van der Waals surface area contributed by atoms with E-state index in [9.17, 15) is 17.6 Å². The number of halogens is 3. The number of nitrogens with zero attached hydrogens (tertiary/aromatic N) is 1. The van der Waals surface area contributed by atoms with Crippen molar-refractivity contribution in [3.8, 4) is 0 Å². The van der Waals surface area contributed by atoms with E-state index in [1.54, 1.807) is 46.8 Å². The van der Waals surface area contributed by atoms with Gasteiger partial charge in [0, 0.05) is 47.4 Å². The van der Waals surface area contributed by atoms with Crippen LogP contribution in [0.25, 0.3) is 0 Å². The zero-order valence-electron chi connectivity index (χ0n) is 23.3. The SMILES string of the molecule is C[C@H]1CNC[C@H](CCc2c(F)cccc2NC(=O)[C@@H](N)[C@@H](c2ccc(Cl)cc2)c2cccc(F)c2)N1S(=O)(=O)C1CC1. The topological polar surface area (TPSA) is 105 Å². The van der Waals surface area contributed by atoms with E-state index in [1.165, 1.54) is 24.3 Å². The van der Waals surface area contributed by atoms with Crippen LogP contribution in [-0.2, 0) is 21.2 Å². The molecule has 11 heteroatoms. The first-order chi connectivity index (χ1) is 20.1. The van der Waals surface area contributed by atoms with Crippen LogP contribution >= 0.6 is 11.6 Å². The second-order valence-electron chi connectivity index (χ2n) is 11.1. The fourth-order valence-electron chi connectivity index (χ4n) is 5.81. The Balaban J connectivity index is 1.37. The Kier molecular flexibility index (Phi) is 9.29. The van der Waals surface area contributed by atoms with Gasteiger partial charge in [0.15, 0.2) is 0 Å². The molecule has 4 N–H and O–H groups in total. The maximum absolute atomic E-state index is 15.2. The summed E-state index contributed by atoms with van der Waals surface area (Å²) in [5.41, 5.74) is 8.23. The highest BCUT2D eigenvalue weighted by Crippen LogP contribution is 2.35. The molecule has 3 aromatic rings. The van der Waals surface area contributed by atoms with Gasteiger partial charge in [0.05, 0.1) is 11.3 Å². The molecule has 1 saturated heterocycles. The van der Waals surface area contributed by atoms with Crippen LogP contribution in [0.1, 0.15) is 48.8 Å². The quantitative estimate of drug-likeness (QED) is 0.304. The van der Waals surface area contributed by atoms with Gasteiger partial charge in [-0.05, 0) is 80.1 Å². The number of amides is 1. The minimum absolute atomic E-state index is 0.206. The van der Waals surface area contributed by atoms with Crippen LogP contribution in [0.15, 0.2) is 66.7 Å². The van der Waals surface area contributed by atoms with E-state index in [0.29, 0.717) is 48.5 Å². The zero-order valence-corrected chi connectivity index (χ0v) is 24.8. The number of rotatable bonds is 10. The molecule has 1 amide bonds. The minimum Gasteiger partial charge on any atom is -0.324 e. The number of piperazine rings is 1. The van der Waals surface area contributed by atoms with E-state index in [1.807, 2.05) is 6.92 Å². The van der Waals surface area contributed by atoms with Gasteiger partial charge in [-0.25, -0.2) is 17.2 Å². The maximum atomic E-state index is 15.2. The summed E-state index contributed by atoms with van der Waals surface area (Å²) in [7, 11) is -3.43. The van der Waals surface area contributed by atoms with Gasteiger partial charge < -0.3 is 16.4 Å². The number of sulfonamides is 1. The molecule has 1 aliphatic heterocycles. The molecule has 5 rings (SSSR count). The Morgan fingerprint density at radius 3 is 2.48 bits per heavy atom. The molecular formula is C31H35ClF2N4O3S. The average molecular weight is 617 g/mol. The van der Waals surface area contributed by atoms with E-state index in [-0.39, 0.29) is 35.0 Å². The summed E-state index contributed by atoms with van der Waals surface area (Å²) in [6.45, 7) is 2.90. The monoisotopic (exact) mass is 616 g/mol. The van der Waals surface area contributed by atoms with Gasteiger partial charge in [-0.1, -0.05) is 41.9 Å². The van der Waals surface area contributed by atoms with Crippen LogP contribution in [0.2, 0.25) is 5.02 Å². The van der Waals surface area contributed by atoms with Crippen molar-refractivity contribution in [2.75, 3.05) is 18.4 Å². The summed E-state index contributed by atoms with van der Waals surface area (Å²) in [4.78, 5) is 13.6. The highest BCUT2D eigenvalue weighted by Gasteiger charge is 2.45. The molecule has 2 fully saturated rings. The normalized spacial score (nSPS) is 21.1. The van der Waals surface area contributed by atoms with Crippen molar-refractivity contribution in [3.05, 3.63) is 100 Å². The van der Waals surface area contributed by atoms with Gasteiger partial charge in [0.25, 0.3) is 0 Å². The molecule has 0 unspecified atom stereocenters. The summed E-state index contributed by atoms with van der Waals surface area (Å²) in [6, 6.07) is 15.4. The van der Waals surface area contributed by atoms with Gasteiger partial charge >= 0.3 is 0 Å². The summed E-state index contributed by atoms with van der Waals surface area (Å²) in [5, 5.41) is 6.25. The lowest BCUT2D eigenvalue weighted by atomic mass is 9.85. The number of carbonyl (C=O) groups excluding carboxylic acids is 1. The Hall–Kier alpha value is -2.89. The van der Waals surface area contributed by atoms with Crippen molar-refractivity contribution in [2.24, 2.45) is 5.73 Å². The molecule has 42 heavy (non-hydrogen) atoms. The molecule has 4 atom stereocenters. The van der Waals surface area contributed by atoms with Crippen molar-refractivity contribution in [3.63, 3.8) is 0 Å². The van der Waals surface area contributed by atoms with Crippen LogP contribution in [0, 0.1) is 11.6 Å². The summed E-state index contributed by atoms with van der Waals surface area (Å²) >= 11 is 6.07. The average Bonchev–Trinajstić information content (AvgIpc) is 3.80. The molecule has 1 aliphatic carbocycles. The number of nitrogens with one attached hydrogen (secondary N) is 2. The molecule has 224 valence electrons. The van der Waals surface area contributed by atoms with E-state index < -0.39 is 39.5 Å². The predicted octanol–water partition coefficient (Wildman–Crippen LogP) is 4.80. The standard InChI is InChI=1S/C31H35ClF2N4O3S/c1-19-17-36-18-24(38(19)42(40,41)25-13-14-25)12-15-26-27(34)6-3-7-28(26)37-31(39)30(35)29(20-8-10-22(32)11-9-20)21-4-2-5-23(33)16-21/h2-11,16,19,24-25,29-30,36H,12-15,17-18,35H2,1H3,(H,37,39)/t19-,24-,29-,30-/m0/s1. The molecule has 7 nitrogen and oxygen atoms in total. The Morgan fingerprint density at radius 2 is 1.79 bits per heavy atom. The summed E-state index contributed by atoms with van der Waals surface area (Å²) < 4.78 is 57.4. The Morgan fingerprint density at radius 1 is 1.07 bits per heavy atom. The summed E-state index contributed by atoms with van der Waals surface area (Å²) in [6.07, 6.45) is 1.91.